The SMILES string of the molecule is NC(CCC(=O)O)C(=O)N(CCC(=O)O)c1ccccc1. The zero-order valence-corrected chi connectivity index (χ0v) is 11.4. The average Bonchev–Trinajstić information content (AvgIpc) is 2.45. The van der Waals surface area contributed by atoms with E-state index in [1.807, 2.05) is 0 Å². The van der Waals surface area contributed by atoms with Gasteiger partial charge >= 0.3 is 11.9 Å². The maximum atomic E-state index is 12.3. The number of nitrogens with two attached hydrogens (primary N) is 1. The number of carboxylic acids is 2. The molecule has 0 radical (unpaired) electrons. The molecule has 0 spiro atoms. The largest absolute Gasteiger partial charge is 0.481 e. The fraction of sp³-hybridized carbons (Fsp3) is 0.357. The van der Waals surface area contributed by atoms with Gasteiger partial charge in [-0.1, -0.05) is 18.2 Å². The third-order valence-electron chi connectivity index (χ3n) is 2.87. The van der Waals surface area contributed by atoms with Crippen LogP contribution in [-0.2, 0) is 14.4 Å². The van der Waals surface area contributed by atoms with Crippen LogP contribution in [0.4, 0.5) is 5.69 Å². The van der Waals surface area contributed by atoms with Crippen LogP contribution >= 0.6 is 0 Å². The fourth-order valence-electron chi connectivity index (χ4n) is 1.78. The van der Waals surface area contributed by atoms with Gasteiger partial charge in [0.2, 0.25) is 5.91 Å². The molecule has 7 heteroatoms. The molecular formula is C14H18N2O5. The summed E-state index contributed by atoms with van der Waals surface area (Å²) in [6.07, 6.45) is -0.425. The summed E-state index contributed by atoms with van der Waals surface area (Å²) in [7, 11) is 0. The van der Waals surface area contributed by atoms with E-state index in [4.69, 9.17) is 15.9 Å². The second kappa shape index (κ2) is 8.01. The maximum absolute atomic E-state index is 12.3. The molecule has 0 saturated heterocycles. The number of amides is 1. The number of carbonyl (C=O) groups is 3. The smallest absolute Gasteiger partial charge is 0.305 e. The van der Waals surface area contributed by atoms with Gasteiger partial charge < -0.3 is 20.8 Å². The van der Waals surface area contributed by atoms with Crippen molar-refractivity contribution >= 4 is 23.5 Å². The second-order valence-corrected chi connectivity index (χ2v) is 4.51. The van der Waals surface area contributed by atoms with Crippen molar-refractivity contribution in [2.45, 2.75) is 25.3 Å². The van der Waals surface area contributed by atoms with Gasteiger partial charge in [-0.15, -0.1) is 0 Å². The van der Waals surface area contributed by atoms with Gasteiger partial charge in [0.25, 0.3) is 0 Å². The minimum Gasteiger partial charge on any atom is -0.481 e. The molecule has 1 unspecified atom stereocenters. The Morgan fingerprint density at radius 3 is 2.14 bits per heavy atom. The molecule has 1 aromatic carbocycles. The number of nitrogens with zero attached hydrogens (tertiary/aromatic N) is 1. The number of hydrogen-bond acceptors (Lipinski definition) is 4. The molecule has 0 aromatic heterocycles. The topological polar surface area (TPSA) is 121 Å². The molecule has 0 bridgehead atoms. The zero-order valence-electron chi connectivity index (χ0n) is 11.4. The van der Waals surface area contributed by atoms with Crippen LogP contribution in [0.25, 0.3) is 0 Å². The molecule has 1 amide bonds. The Morgan fingerprint density at radius 2 is 1.62 bits per heavy atom. The highest BCUT2D eigenvalue weighted by atomic mass is 16.4. The van der Waals surface area contributed by atoms with Crippen molar-refractivity contribution in [3.05, 3.63) is 30.3 Å². The number of para-hydroxylation sites is 1. The molecule has 114 valence electrons. The molecule has 0 aliphatic heterocycles. The lowest BCUT2D eigenvalue weighted by Gasteiger charge is -2.25. The Hall–Kier alpha value is -2.41. The molecule has 1 aromatic rings. The summed E-state index contributed by atoms with van der Waals surface area (Å²) in [5.41, 5.74) is 6.24. The van der Waals surface area contributed by atoms with Gasteiger partial charge in [-0.2, -0.15) is 0 Å². The molecule has 0 heterocycles. The molecule has 7 nitrogen and oxygen atoms in total. The summed E-state index contributed by atoms with van der Waals surface area (Å²) in [5, 5.41) is 17.4. The standard InChI is InChI=1S/C14H18N2O5/c15-11(6-7-12(17)18)14(21)16(9-8-13(19)20)10-4-2-1-3-5-10/h1-5,11H,6-9,15H2,(H,17,18)(H,19,20). The van der Waals surface area contributed by atoms with E-state index in [2.05, 4.69) is 0 Å². The predicted octanol–water partition coefficient (Wildman–Crippen LogP) is 0.686. The minimum absolute atomic E-state index is 0.00454. The first-order valence-electron chi connectivity index (χ1n) is 6.47. The van der Waals surface area contributed by atoms with Gasteiger partial charge in [0.1, 0.15) is 0 Å². The summed E-state index contributed by atoms with van der Waals surface area (Å²) in [6, 6.07) is 7.58. The minimum atomic E-state index is -1.03. The molecule has 4 N–H and O–H groups in total. The first kappa shape index (κ1) is 16.6. The summed E-state index contributed by atoms with van der Waals surface area (Å²) < 4.78 is 0. The Kier molecular flexibility index (Phi) is 6.35. The number of anilines is 1. The van der Waals surface area contributed by atoms with Crippen LogP contribution < -0.4 is 10.6 Å². The van der Waals surface area contributed by atoms with E-state index < -0.39 is 23.9 Å². The highest BCUT2D eigenvalue weighted by Gasteiger charge is 2.23. The molecular weight excluding hydrogens is 276 g/mol. The maximum Gasteiger partial charge on any atom is 0.305 e. The van der Waals surface area contributed by atoms with E-state index in [0.717, 1.165) is 0 Å². The number of carboxylic acid groups (broad SMARTS) is 2. The van der Waals surface area contributed by atoms with Gasteiger partial charge in [0.05, 0.1) is 12.5 Å². The first-order valence-corrected chi connectivity index (χ1v) is 6.47. The van der Waals surface area contributed by atoms with Crippen molar-refractivity contribution < 1.29 is 24.6 Å². The lowest BCUT2D eigenvalue weighted by atomic mass is 10.1. The van der Waals surface area contributed by atoms with Gasteiger partial charge in [-0.3, -0.25) is 14.4 Å². The average molecular weight is 294 g/mol. The van der Waals surface area contributed by atoms with Crippen LogP contribution in [0, 0.1) is 0 Å². The Morgan fingerprint density at radius 1 is 1.05 bits per heavy atom. The summed E-state index contributed by atoms with van der Waals surface area (Å²) in [5.74, 6) is -2.54. The summed E-state index contributed by atoms with van der Waals surface area (Å²) in [4.78, 5) is 34.8. The second-order valence-electron chi connectivity index (χ2n) is 4.51. The molecule has 0 aliphatic carbocycles. The Labute approximate surface area is 122 Å². The van der Waals surface area contributed by atoms with Crippen molar-refractivity contribution in [1.82, 2.24) is 0 Å². The summed E-state index contributed by atoms with van der Waals surface area (Å²) in [6.45, 7) is -0.0149. The van der Waals surface area contributed by atoms with Crippen molar-refractivity contribution in [2.75, 3.05) is 11.4 Å². The van der Waals surface area contributed by atoms with Crippen LogP contribution in [0.5, 0.6) is 0 Å². The van der Waals surface area contributed by atoms with Gasteiger partial charge in [-0.05, 0) is 18.6 Å². The van der Waals surface area contributed by atoms with E-state index in [-0.39, 0.29) is 25.8 Å². The van der Waals surface area contributed by atoms with E-state index in [1.165, 1.54) is 4.90 Å². The number of carbonyl (C=O) groups excluding carboxylic acids is 1. The third kappa shape index (κ3) is 5.62. The Balaban J connectivity index is 2.82. The summed E-state index contributed by atoms with van der Waals surface area (Å²) >= 11 is 0. The van der Waals surface area contributed by atoms with Crippen LogP contribution in [0.15, 0.2) is 30.3 Å². The number of benzene rings is 1. The van der Waals surface area contributed by atoms with Gasteiger partial charge in [0, 0.05) is 18.7 Å². The molecule has 1 atom stereocenters. The number of aliphatic carboxylic acids is 2. The van der Waals surface area contributed by atoms with Gasteiger partial charge in [-0.25, -0.2) is 0 Å². The highest BCUT2D eigenvalue weighted by Crippen LogP contribution is 2.15. The normalized spacial score (nSPS) is 11.7. The third-order valence-corrected chi connectivity index (χ3v) is 2.87. The molecule has 1 rings (SSSR count). The highest BCUT2D eigenvalue weighted by molar-refractivity contribution is 5.97. The van der Waals surface area contributed by atoms with Crippen molar-refractivity contribution in [1.29, 1.82) is 0 Å². The van der Waals surface area contributed by atoms with E-state index >= 15 is 0 Å². The van der Waals surface area contributed by atoms with E-state index in [9.17, 15) is 14.4 Å². The van der Waals surface area contributed by atoms with E-state index in [1.54, 1.807) is 30.3 Å². The Bertz CT molecular complexity index is 503. The molecule has 0 aliphatic rings. The van der Waals surface area contributed by atoms with Gasteiger partial charge in [0.15, 0.2) is 0 Å². The van der Waals surface area contributed by atoms with Crippen LogP contribution in [0.1, 0.15) is 19.3 Å². The zero-order chi connectivity index (χ0) is 15.8. The fourth-order valence-corrected chi connectivity index (χ4v) is 1.78. The first-order chi connectivity index (χ1) is 9.91. The lowest BCUT2D eigenvalue weighted by Crippen LogP contribution is -2.45. The van der Waals surface area contributed by atoms with E-state index in [0.29, 0.717) is 5.69 Å². The van der Waals surface area contributed by atoms with Crippen LogP contribution in [0.3, 0.4) is 0 Å². The van der Waals surface area contributed by atoms with Crippen LogP contribution in [-0.4, -0.2) is 40.6 Å². The van der Waals surface area contributed by atoms with Crippen molar-refractivity contribution in [3.63, 3.8) is 0 Å². The number of hydrogen-bond donors (Lipinski definition) is 3. The quantitative estimate of drug-likeness (QED) is 0.648. The predicted molar refractivity (Wildman–Crippen MR) is 75.9 cm³/mol. The molecule has 21 heavy (non-hydrogen) atoms. The lowest BCUT2D eigenvalue weighted by molar-refractivity contribution is -0.137. The number of rotatable bonds is 8. The van der Waals surface area contributed by atoms with Crippen molar-refractivity contribution in [3.8, 4) is 0 Å². The van der Waals surface area contributed by atoms with Crippen LogP contribution in [0.2, 0.25) is 0 Å². The monoisotopic (exact) mass is 294 g/mol. The van der Waals surface area contributed by atoms with Crippen molar-refractivity contribution in [2.24, 2.45) is 5.73 Å². The molecule has 0 saturated carbocycles. The molecule has 0 fully saturated rings.